The largest absolute Gasteiger partial charge is 0.496 e. The highest BCUT2D eigenvalue weighted by molar-refractivity contribution is 5.48. The number of hydrogen-bond acceptors (Lipinski definition) is 3. The topological polar surface area (TPSA) is 53.1 Å². The summed E-state index contributed by atoms with van der Waals surface area (Å²) in [6.45, 7) is 6.86. The summed E-state index contributed by atoms with van der Waals surface area (Å²) < 4.78 is 7.34. The lowest BCUT2D eigenvalue weighted by Crippen LogP contribution is -2.06. The Morgan fingerprint density at radius 3 is 2.56 bits per heavy atom. The van der Waals surface area contributed by atoms with Gasteiger partial charge in [-0.3, -0.25) is 4.68 Å². The van der Waals surface area contributed by atoms with Gasteiger partial charge in [-0.25, -0.2) is 0 Å². The molecule has 0 fully saturated rings. The molecule has 18 heavy (non-hydrogen) atoms. The van der Waals surface area contributed by atoms with Crippen LogP contribution in [0.25, 0.3) is 0 Å². The fraction of sp³-hybridized carbons (Fsp3) is 0.357. The van der Waals surface area contributed by atoms with Crippen LogP contribution in [0.5, 0.6) is 5.75 Å². The summed E-state index contributed by atoms with van der Waals surface area (Å²) in [6.07, 6.45) is 0. The van der Waals surface area contributed by atoms with E-state index >= 15 is 0 Å². The molecule has 0 aliphatic carbocycles. The first kappa shape index (κ1) is 12.5. The molecule has 0 saturated carbocycles. The van der Waals surface area contributed by atoms with Crippen molar-refractivity contribution < 1.29 is 4.74 Å². The van der Waals surface area contributed by atoms with E-state index < -0.39 is 0 Å². The first-order chi connectivity index (χ1) is 8.52. The second kappa shape index (κ2) is 4.72. The Kier molecular flexibility index (Phi) is 3.28. The van der Waals surface area contributed by atoms with Crippen molar-refractivity contribution in [2.75, 3.05) is 12.8 Å². The minimum Gasteiger partial charge on any atom is -0.496 e. The number of benzene rings is 1. The lowest BCUT2D eigenvalue weighted by molar-refractivity contribution is 0.407. The lowest BCUT2D eigenvalue weighted by Gasteiger charge is -2.10. The second-order valence-corrected chi connectivity index (χ2v) is 4.52. The van der Waals surface area contributed by atoms with E-state index in [1.165, 1.54) is 11.3 Å². The summed E-state index contributed by atoms with van der Waals surface area (Å²) >= 11 is 0. The molecule has 2 aromatic rings. The number of rotatable bonds is 3. The molecule has 4 heteroatoms. The molecule has 1 aromatic carbocycles. The van der Waals surface area contributed by atoms with Gasteiger partial charge in [0.2, 0.25) is 0 Å². The third-order valence-corrected chi connectivity index (χ3v) is 3.37. The lowest BCUT2D eigenvalue weighted by atomic mass is 10.1. The van der Waals surface area contributed by atoms with Crippen molar-refractivity contribution in [1.82, 2.24) is 9.78 Å². The molecule has 2 N–H and O–H groups in total. The van der Waals surface area contributed by atoms with E-state index in [2.05, 4.69) is 18.9 Å². The summed E-state index contributed by atoms with van der Waals surface area (Å²) in [5.74, 6) is 0.842. The van der Waals surface area contributed by atoms with Crippen molar-refractivity contribution >= 4 is 5.69 Å². The van der Waals surface area contributed by atoms with Gasteiger partial charge in [-0.1, -0.05) is 0 Å². The zero-order valence-electron chi connectivity index (χ0n) is 11.3. The normalized spacial score (nSPS) is 10.7. The first-order valence-corrected chi connectivity index (χ1v) is 5.96. The third kappa shape index (κ3) is 2.18. The fourth-order valence-corrected chi connectivity index (χ4v) is 2.02. The summed E-state index contributed by atoms with van der Waals surface area (Å²) in [5.41, 5.74) is 11.1. The Balaban J connectivity index is 2.39. The zero-order chi connectivity index (χ0) is 13.3. The number of nitrogen functional groups attached to an aromatic ring is 1. The Bertz CT molecular complexity index is 573. The van der Waals surface area contributed by atoms with Crippen LogP contribution in [0, 0.1) is 20.8 Å². The van der Waals surface area contributed by atoms with Crippen molar-refractivity contribution in [2.45, 2.75) is 27.3 Å². The van der Waals surface area contributed by atoms with Gasteiger partial charge in [-0.05, 0) is 44.5 Å². The molecule has 0 aliphatic rings. The minimum absolute atomic E-state index is 0.675. The number of hydrogen-bond donors (Lipinski definition) is 1. The van der Waals surface area contributed by atoms with E-state index in [9.17, 15) is 0 Å². The van der Waals surface area contributed by atoms with Gasteiger partial charge in [0.05, 0.1) is 19.3 Å². The van der Waals surface area contributed by atoms with Gasteiger partial charge in [0.15, 0.2) is 0 Å². The van der Waals surface area contributed by atoms with Gasteiger partial charge in [0.1, 0.15) is 5.75 Å². The Morgan fingerprint density at radius 1 is 1.28 bits per heavy atom. The third-order valence-electron chi connectivity index (χ3n) is 3.37. The van der Waals surface area contributed by atoms with E-state index in [1.54, 1.807) is 7.11 Å². The van der Waals surface area contributed by atoms with E-state index in [0.717, 1.165) is 22.7 Å². The van der Waals surface area contributed by atoms with Crippen molar-refractivity contribution in [2.24, 2.45) is 0 Å². The maximum absolute atomic E-state index is 5.82. The number of aromatic nitrogens is 2. The zero-order valence-corrected chi connectivity index (χ0v) is 11.3. The summed E-state index contributed by atoms with van der Waals surface area (Å²) in [6, 6.07) is 5.67. The van der Waals surface area contributed by atoms with E-state index in [4.69, 9.17) is 10.5 Å². The average molecular weight is 245 g/mol. The van der Waals surface area contributed by atoms with Gasteiger partial charge in [-0.15, -0.1) is 0 Å². The van der Waals surface area contributed by atoms with Gasteiger partial charge >= 0.3 is 0 Å². The molecule has 1 aromatic heterocycles. The number of ether oxygens (including phenoxy) is 1. The second-order valence-electron chi connectivity index (χ2n) is 4.52. The number of nitrogens with zero attached hydrogens (tertiary/aromatic N) is 2. The monoisotopic (exact) mass is 245 g/mol. The molecule has 96 valence electrons. The van der Waals surface area contributed by atoms with Gasteiger partial charge in [0, 0.05) is 16.9 Å². The molecule has 0 radical (unpaired) electrons. The Hall–Kier alpha value is -1.97. The molecular formula is C14H19N3O. The van der Waals surface area contributed by atoms with Crippen molar-refractivity contribution in [1.29, 1.82) is 0 Å². The molecule has 0 amide bonds. The smallest absolute Gasteiger partial charge is 0.124 e. The predicted octanol–water partition coefficient (Wildman–Crippen LogP) is 2.45. The van der Waals surface area contributed by atoms with E-state index in [1.807, 2.05) is 29.8 Å². The van der Waals surface area contributed by atoms with Crippen LogP contribution >= 0.6 is 0 Å². The molecule has 1 heterocycles. The molecular weight excluding hydrogens is 226 g/mol. The van der Waals surface area contributed by atoms with E-state index in [-0.39, 0.29) is 0 Å². The van der Waals surface area contributed by atoms with Crippen LogP contribution in [-0.2, 0) is 6.54 Å². The van der Waals surface area contributed by atoms with Gasteiger partial charge in [0.25, 0.3) is 0 Å². The fourth-order valence-electron chi connectivity index (χ4n) is 2.02. The molecule has 0 spiro atoms. The number of methoxy groups -OCH3 is 1. The number of aryl methyl sites for hydroxylation is 1. The molecule has 0 saturated heterocycles. The molecule has 2 rings (SSSR count). The van der Waals surface area contributed by atoms with Crippen LogP contribution in [0.2, 0.25) is 0 Å². The first-order valence-electron chi connectivity index (χ1n) is 5.96. The van der Waals surface area contributed by atoms with Crippen molar-refractivity contribution in [3.05, 3.63) is 40.7 Å². The summed E-state index contributed by atoms with van der Waals surface area (Å²) in [5, 5.41) is 4.53. The van der Waals surface area contributed by atoms with Gasteiger partial charge < -0.3 is 10.5 Å². The van der Waals surface area contributed by atoms with E-state index in [0.29, 0.717) is 6.54 Å². The van der Waals surface area contributed by atoms with Crippen molar-refractivity contribution in [3.8, 4) is 5.75 Å². The molecule has 0 atom stereocenters. The highest BCUT2D eigenvalue weighted by Crippen LogP contribution is 2.23. The SMILES string of the molecule is COc1ccc(N)cc1Cn1nc(C)c(C)c1C. The maximum Gasteiger partial charge on any atom is 0.124 e. The van der Waals surface area contributed by atoms with Crippen LogP contribution in [0.3, 0.4) is 0 Å². The highest BCUT2D eigenvalue weighted by atomic mass is 16.5. The number of anilines is 1. The molecule has 0 bridgehead atoms. The Morgan fingerprint density at radius 2 is 2.00 bits per heavy atom. The van der Waals surface area contributed by atoms with Crippen molar-refractivity contribution in [3.63, 3.8) is 0 Å². The van der Waals surface area contributed by atoms with Crippen LogP contribution < -0.4 is 10.5 Å². The van der Waals surface area contributed by atoms with Gasteiger partial charge in [-0.2, -0.15) is 5.10 Å². The van der Waals surface area contributed by atoms with Crippen LogP contribution in [-0.4, -0.2) is 16.9 Å². The van der Waals surface area contributed by atoms with Crippen LogP contribution in [0.1, 0.15) is 22.5 Å². The molecule has 0 aliphatic heterocycles. The van der Waals surface area contributed by atoms with Crippen LogP contribution in [0.15, 0.2) is 18.2 Å². The summed E-state index contributed by atoms with van der Waals surface area (Å²) in [7, 11) is 1.67. The number of nitrogens with two attached hydrogens (primary N) is 1. The maximum atomic E-state index is 5.82. The quantitative estimate of drug-likeness (QED) is 0.845. The molecule has 0 unspecified atom stereocenters. The van der Waals surface area contributed by atoms with Crippen LogP contribution in [0.4, 0.5) is 5.69 Å². The Labute approximate surface area is 107 Å². The highest BCUT2D eigenvalue weighted by Gasteiger charge is 2.10. The summed E-state index contributed by atoms with van der Waals surface area (Å²) in [4.78, 5) is 0. The minimum atomic E-state index is 0.675. The predicted molar refractivity (Wildman–Crippen MR) is 72.9 cm³/mol. The molecule has 4 nitrogen and oxygen atoms in total. The average Bonchev–Trinajstić information content (AvgIpc) is 2.57. The standard InChI is InChI=1S/C14H19N3O/c1-9-10(2)16-17(11(9)3)8-12-7-13(15)5-6-14(12)18-4/h5-7H,8,15H2,1-4H3.